The van der Waals surface area contributed by atoms with E-state index in [1.165, 1.54) is 12.3 Å². The van der Waals surface area contributed by atoms with Crippen LogP contribution in [0.3, 0.4) is 0 Å². The topological polar surface area (TPSA) is 64.9 Å². The Hall–Kier alpha value is -2.50. The van der Waals surface area contributed by atoms with E-state index in [9.17, 15) is 18.0 Å². The van der Waals surface area contributed by atoms with Crippen LogP contribution in [0.1, 0.15) is 11.1 Å². The largest absolute Gasteiger partial charge is 0.417 e. The third-order valence-electron chi connectivity index (χ3n) is 3.36. The lowest BCUT2D eigenvalue weighted by Crippen LogP contribution is -2.17. The van der Waals surface area contributed by atoms with Crippen molar-refractivity contribution in [1.29, 1.82) is 5.26 Å². The van der Waals surface area contributed by atoms with Crippen molar-refractivity contribution in [3.8, 4) is 6.07 Å². The Balaban J connectivity index is 2.06. The maximum absolute atomic E-state index is 12.9. The lowest BCUT2D eigenvalue weighted by Gasteiger charge is -2.11. The average Bonchev–Trinajstić information content (AvgIpc) is 2.61. The molecule has 0 atom stereocenters. The van der Waals surface area contributed by atoms with Gasteiger partial charge in [0, 0.05) is 22.9 Å². The molecule has 0 bridgehead atoms. The second-order valence-electron chi connectivity index (χ2n) is 5.32. The summed E-state index contributed by atoms with van der Waals surface area (Å²) < 4.78 is 39.5. The van der Waals surface area contributed by atoms with Crippen LogP contribution in [0, 0.1) is 11.3 Å². The number of nitriles is 1. The molecule has 2 N–H and O–H groups in total. The number of carbonyl (C=O) groups excluding carboxylic acids is 1. The van der Waals surface area contributed by atoms with Crippen molar-refractivity contribution >= 4 is 39.1 Å². The first kappa shape index (κ1) is 20.8. The van der Waals surface area contributed by atoms with Crippen LogP contribution in [0.4, 0.5) is 18.9 Å². The summed E-state index contributed by atoms with van der Waals surface area (Å²) in [5.41, 5.74) is -0.557. The summed E-state index contributed by atoms with van der Waals surface area (Å²) in [4.78, 5) is 12.1. The molecule has 2 rings (SSSR count). The van der Waals surface area contributed by atoms with Gasteiger partial charge in [-0.25, -0.2) is 0 Å². The van der Waals surface area contributed by atoms with Gasteiger partial charge in [0.2, 0.25) is 0 Å². The van der Waals surface area contributed by atoms with Crippen LogP contribution >= 0.6 is 27.5 Å². The normalized spacial score (nSPS) is 11.6. The van der Waals surface area contributed by atoms with E-state index < -0.39 is 22.7 Å². The van der Waals surface area contributed by atoms with Crippen LogP contribution in [-0.2, 0) is 17.5 Å². The van der Waals surface area contributed by atoms with Crippen molar-refractivity contribution in [2.45, 2.75) is 12.7 Å². The highest BCUT2D eigenvalue weighted by atomic mass is 79.9. The van der Waals surface area contributed by atoms with E-state index in [0.717, 1.165) is 16.1 Å². The van der Waals surface area contributed by atoms with Crippen molar-refractivity contribution < 1.29 is 18.0 Å². The molecule has 0 radical (unpaired) electrons. The minimum atomic E-state index is -4.65. The molecule has 0 aliphatic heterocycles. The first-order chi connectivity index (χ1) is 12.7. The third kappa shape index (κ3) is 6.01. The zero-order valence-electron chi connectivity index (χ0n) is 13.6. The highest BCUT2D eigenvalue weighted by Crippen LogP contribution is 2.36. The molecule has 0 aliphatic carbocycles. The fourth-order valence-electron chi connectivity index (χ4n) is 2.04. The summed E-state index contributed by atoms with van der Waals surface area (Å²) in [7, 11) is 0. The molecule has 0 saturated carbocycles. The molecule has 0 heterocycles. The van der Waals surface area contributed by atoms with Gasteiger partial charge in [0.1, 0.15) is 11.6 Å². The predicted molar refractivity (Wildman–Crippen MR) is 99.8 cm³/mol. The molecule has 4 nitrogen and oxygen atoms in total. The second kappa shape index (κ2) is 8.93. The first-order valence-corrected chi connectivity index (χ1v) is 8.64. The van der Waals surface area contributed by atoms with Crippen LogP contribution in [0.2, 0.25) is 5.02 Å². The number of hydrogen-bond acceptors (Lipinski definition) is 3. The van der Waals surface area contributed by atoms with Crippen LogP contribution in [0.15, 0.2) is 58.7 Å². The number of hydrogen-bond donors (Lipinski definition) is 2. The third-order valence-corrected chi connectivity index (χ3v) is 4.22. The van der Waals surface area contributed by atoms with Crippen molar-refractivity contribution in [3.05, 3.63) is 74.9 Å². The number of carbonyl (C=O) groups is 1. The van der Waals surface area contributed by atoms with Crippen LogP contribution < -0.4 is 10.6 Å². The number of rotatable bonds is 5. The Morgan fingerprint density at radius 2 is 1.89 bits per heavy atom. The molecule has 0 aliphatic rings. The molecule has 0 fully saturated rings. The lowest BCUT2D eigenvalue weighted by molar-refractivity contribution is -0.137. The van der Waals surface area contributed by atoms with Gasteiger partial charge in [0.25, 0.3) is 5.91 Å². The molecular formula is C18H12BrClF3N3O. The Kier molecular flexibility index (Phi) is 6.88. The fraction of sp³-hybridized carbons (Fsp3) is 0.111. The highest BCUT2D eigenvalue weighted by molar-refractivity contribution is 9.10. The molecule has 1 amide bonds. The molecule has 0 saturated heterocycles. The Labute approximate surface area is 166 Å². The maximum atomic E-state index is 12.9. The summed E-state index contributed by atoms with van der Waals surface area (Å²) in [5.74, 6) is -0.837. The highest BCUT2D eigenvalue weighted by Gasteiger charge is 2.33. The average molecular weight is 459 g/mol. The molecule has 140 valence electrons. The number of halogens is 5. The maximum Gasteiger partial charge on any atom is 0.417 e. The number of anilines is 1. The number of alkyl halides is 3. The number of amides is 1. The number of nitrogens with one attached hydrogen (secondary N) is 2. The van der Waals surface area contributed by atoms with Gasteiger partial charge in [0.05, 0.1) is 10.6 Å². The van der Waals surface area contributed by atoms with E-state index in [1.54, 1.807) is 6.07 Å². The molecule has 0 aromatic heterocycles. The van der Waals surface area contributed by atoms with Gasteiger partial charge in [0.15, 0.2) is 0 Å². The molecule has 0 spiro atoms. The zero-order chi connectivity index (χ0) is 20.0. The SMILES string of the molecule is N#C/C(=C/NCc1ccc(Br)cc1)C(=O)Nc1ccc(Cl)c(C(F)(F)F)c1. The van der Waals surface area contributed by atoms with E-state index in [1.807, 2.05) is 24.3 Å². The van der Waals surface area contributed by atoms with Gasteiger partial charge >= 0.3 is 6.18 Å². The Bertz CT molecular complexity index is 906. The van der Waals surface area contributed by atoms with E-state index in [-0.39, 0.29) is 11.3 Å². The van der Waals surface area contributed by atoms with Crippen molar-refractivity contribution in [3.63, 3.8) is 0 Å². The second-order valence-corrected chi connectivity index (χ2v) is 6.65. The van der Waals surface area contributed by atoms with Gasteiger partial charge in [-0.1, -0.05) is 39.7 Å². The summed E-state index contributed by atoms with van der Waals surface area (Å²) in [5, 5.41) is 13.7. The van der Waals surface area contributed by atoms with Gasteiger partial charge in [-0.2, -0.15) is 18.4 Å². The van der Waals surface area contributed by atoms with Gasteiger partial charge < -0.3 is 10.6 Å². The van der Waals surface area contributed by atoms with Crippen molar-refractivity contribution in [2.75, 3.05) is 5.32 Å². The monoisotopic (exact) mass is 457 g/mol. The molecule has 0 unspecified atom stereocenters. The van der Waals surface area contributed by atoms with Gasteiger partial charge in [-0.15, -0.1) is 0 Å². The quantitative estimate of drug-likeness (QED) is 0.475. The van der Waals surface area contributed by atoms with E-state index in [0.29, 0.717) is 12.6 Å². The summed E-state index contributed by atoms with van der Waals surface area (Å²) in [6.07, 6.45) is -3.45. The first-order valence-electron chi connectivity index (χ1n) is 7.47. The minimum absolute atomic E-state index is 0.120. The number of nitrogens with zero attached hydrogens (tertiary/aromatic N) is 1. The van der Waals surface area contributed by atoms with Gasteiger partial charge in [-0.05, 0) is 35.9 Å². The molecule has 2 aromatic carbocycles. The Morgan fingerprint density at radius 1 is 1.22 bits per heavy atom. The lowest BCUT2D eigenvalue weighted by atomic mass is 10.2. The van der Waals surface area contributed by atoms with Gasteiger partial charge in [-0.3, -0.25) is 4.79 Å². The summed E-state index contributed by atoms with van der Waals surface area (Å²) >= 11 is 8.85. The summed E-state index contributed by atoms with van der Waals surface area (Å²) in [6.45, 7) is 0.366. The molecule has 9 heteroatoms. The fourth-order valence-corrected chi connectivity index (χ4v) is 2.53. The van der Waals surface area contributed by atoms with Crippen LogP contribution in [-0.4, -0.2) is 5.91 Å². The van der Waals surface area contributed by atoms with Crippen molar-refractivity contribution in [1.82, 2.24) is 5.32 Å². The smallest absolute Gasteiger partial charge is 0.386 e. The standard InChI is InChI=1S/C18H12BrClF3N3O/c19-13-3-1-11(2-4-13)9-25-10-12(8-24)17(27)26-14-5-6-16(20)15(7-14)18(21,22)23/h1-7,10,25H,9H2,(H,26,27)/b12-10-. The Morgan fingerprint density at radius 3 is 2.48 bits per heavy atom. The minimum Gasteiger partial charge on any atom is -0.386 e. The molecular weight excluding hydrogens is 447 g/mol. The molecule has 27 heavy (non-hydrogen) atoms. The predicted octanol–water partition coefficient (Wildman–Crippen LogP) is 5.26. The van der Waals surface area contributed by atoms with Crippen LogP contribution in [0.25, 0.3) is 0 Å². The van der Waals surface area contributed by atoms with Crippen LogP contribution in [0.5, 0.6) is 0 Å². The number of benzene rings is 2. The van der Waals surface area contributed by atoms with Crippen molar-refractivity contribution in [2.24, 2.45) is 0 Å². The van der Waals surface area contributed by atoms with E-state index >= 15 is 0 Å². The van der Waals surface area contributed by atoms with E-state index in [2.05, 4.69) is 26.6 Å². The summed E-state index contributed by atoms with van der Waals surface area (Å²) in [6, 6.07) is 12.1. The molecule has 2 aromatic rings. The van der Waals surface area contributed by atoms with E-state index in [4.69, 9.17) is 16.9 Å². The zero-order valence-corrected chi connectivity index (χ0v) is 15.9.